The molecule has 0 aliphatic rings. The molecule has 0 saturated carbocycles. The second-order valence-electron chi connectivity index (χ2n) is 1.76. The summed E-state index contributed by atoms with van der Waals surface area (Å²) in [6.07, 6.45) is 0.956. The summed E-state index contributed by atoms with van der Waals surface area (Å²) in [6, 6.07) is 1.20. The molecule has 0 fully saturated rings. The second-order valence-corrected chi connectivity index (χ2v) is 3.26. The Kier molecular flexibility index (Phi) is 2.78. The summed E-state index contributed by atoms with van der Waals surface area (Å²) in [4.78, 5) is 14.1. The molecular weight excluding hydrogens is 283 g/mol. The smallest absolute Gasteiger partial charge is 0.271 e. The SMILES string of the molecule is O=C(Cl)c1ncc(F)cc1I. The molecule has 11 heavy (non-hydrogen) atoms. The van der Waals surface area contributed by atoms with Gasteiger partial charge in [0.1, 0.15) is 11.5 Å². The van der Waals surface area contributed by atoms with Crippen molar-refractivity contribution in [2.75, 3.05) is 0 Å². The first kappa shape index (κ1) is 8.86. The van der Waals surface area contributed by atoms with Crippen LogP contribution in [0.4, 0.5) is 4.39 Å². The number of carbonyl (C=O) groups is 1. The molecule has 0 atom stereocenters. The molecule has 0 spiro atoms. The zero-order chi connectivity index (χ0) is 8.43. The van der Waals surface area contributed by atoms with Gasteiger partial charge in [-0.05, 0) is 40.3 Å². The van der Waals surface area contributed by atoms with Crippen molar-refractivity contribution in [3.05, 3.63) is 27.3 Å². The van der Waals surface area contributed by atoms with Crippen LogP contribution in [0.5, 0.6) is 0 Å². The Morgan fingerprint density at radius 2 is 2.36 bits per heavy atom. The van der Waals surface area contributed by atoms with Crippen LogP contribution in [0.3, 0.4) is 0 Å². The number of nitrogens with zero attached hydrogens (tertiary/aromatic N) is 1. The number of hydrogen-bond acceptors (Lipinski definition) is 2. The van der Waals surface area contributed by atoms with Crippen LogP contribution in [-0.2, 0) is 0 Å². The number of aromatic nitrogens is 1. The molecule has 2 nitrogen and oxygen atoms in total. The number of pyridine rings is 1. The largest absolute Gasteiger partial charge is 0.274 e. The van der Waals surface area contributed by atoms with Crippen molar-refractivity contribution in [3.63, 3.8) is 0 Å². The molecule has 1 aromatic rings. The van der Waals surface area contributed by atoms with Gasteiger partial charge in [-0.25, -0.2) is 9.37 Å². The van der Waals surface area contributed by atoms with E-state index in [1.54, 1.807) is 22.6 Å². The lowest BCUT2D eigenvalue weighted by atomic mass is 10.4. The van der Waals surface area contributed by atoms with E-state index in [-0.39, 0.29) is 5.69 Å². The molecule has 0 bridgehead atoms. The fraction of sp³-hybridized carbons (Fsp3) is 0. The predicted molar refractivity (Wildman–Crippen MR) is 47.1 cm³/mol. The van der Waals surface area contributed by atoms with E-state index in [0.29, 0.717) is 3.57 Å². The van der Waals surface area contributed by atoms with Gasteiger partial charge in [0.25, 0.3) is 5.24 Å². The number of carbonyl (C=O) groups excluding carboxylic acids is 1. The minimum Gasteiger partial charge on any atom is -0.274 e. The van der Waals surface area contributed by atoms with E-state index in [9.17, 15) is 9.18 Å². The van der Waals surface area contributed by atoms with Gasteiger partial charge in [-0.15, -0.1) is 0 Å². The van der Waals surface area contributed by atoms with Crippen LogP contribution < -0.4 is 0 Å². The Balaban J connectivity index is 3.20. The molecule has 5 heteroatoms. The van der Waals surface area contributed by atoms with Crippen LogP contribution in [-0.4, -0.2) is 10.2 Å². The lowest BCUT2D eigenvalue weighted by molar-refractivity contribution is 0.107. The highest BCUT2D eigenvalue weighted by molar-refractivity contribution is 14.1. The quantitative estimate of drug-likeness (QED) is 0.585. The monoisotopic (exact) mass is 285 g/mol. The molecule has 0 amide bonds. The Morgan fingerprint density at radius 1 is 1.73 bits per heavy atom. The van der Waals surface area contributed by atoms with Crippen molar-refractivity contribution in [1.29, 1.82) is 0 Å². The molecular formula is C6H2ClFINO. The van der Waals surface area contributed by atoms with E-state index in [1.165, 1.54) is 6.07 Å². The van der Waals surface area contributed by atoms with Gasteiger partial charge in [0.2, 0.25) is 0 Å². The maximum absolute atomic E-state index is 12.4. The van der Waals surface area contributed by atoms with Crippen molar-refractivity contribution >= 4 is 39.4 Å². The molecule has 0 radical (unpaired) electrons. The van der Waals surface area contributed by atoms with Gasteiger partial charge < -0.3 is 0 Å². The summed E-state index contributed by atoms with van der Waals surface area (Å²) < 4.78 is 12.8. The standard InChI is InChI=1S/C6H2ClFINO/c7-6(11)5-4(9)1-3(8)2-10-5/h1-2H. The summed E-state index contributed by atoms with van der Waals surface area (Å²) >= 11 is 6.93. The van der Waals surface area contributed by atoms with Gasteiger partial charge in [-0.2, -0.15) is 0 Å². The third-order valence-electron chi connectivity index (χ3n) is 0.994. The van der Waals surface area contributed by atoms with Crippen LogP contribution in [0.25, 0.3) is 0 Å². The van der Waals surface area contributed by atoms with E-state index < -0.39 is 11.1 Å². The molecule has 58 valence electrons. The van der Waals surface area contributed by atoms with E-state index in [0.717, 1.165) is 6.20 Å². The average Bonchev–Trinajstić information content (AvgIpc) is 1.85. The Morgan fingerprint density at radius 3 is 2.82 bits per heavy atom. The first-order chi connectivity index (χ1) is 5.11. The van der Waals surface area contributed by atoms with Crippen molar-refractivity contribution in [3.8, 4) is 0 Å². The summed E-state index contributed by atoms with van der Waals surface area (Å²) in [5, 5.41) is -0.672. The summed E-state index contributed by atoms with van der Waals surface area (Å²) in [7, 11) is 0. The normalized spacial score (nSPS) is 9.73. The van der Waals surface area contributed by atoms with Crippen molar-refractivity contribution < 1.29 is 9.18 Å². The second kappa shape index (κ2) is 3.44. The highest BCUT2D eigenvalue weighted by atomic mass is 127. The minimum absolute atomic E-state index is 0.0914. The predicted octanol–water partition coefficient (Wildman–Crippen LogP) is 2.20. The average molecular weight is 285 g/mol. The van der Waals surface area contributed by atoms with Crippen LogP contribution in [0.15, 0.2) is 12.3 Å². The first-order valence-electron chi connectivity index (χ1n) is 2.62. The van der Waals surface area contributed by atoms with Crippen molar-refractivity contribution in [2.45, 2.75) is 0 Å². The van der Waals surface area contributed by atoms with Crippen molar-refractivity contribution in [1.82, 2.24) is 4.98 Å². The summed E-state index contributed by atoms with van der Waals surface area (Å²) in [6.45, 7) is 0. The Bertz CT molecular complexity index is 305. The third-order valence-corrected chi connectivity index (χ3v) is 2.00. The Hall–Kier alpha value is -0.230. The van der Waals surface area contributed by atoms with Crippen LogP contribution in [0, 0.1) is 9.39 Å². The van der Waals surface area contributed by atoms with Gasteiger partial charge in [0.15, 0.2) is 0 Å². The first-order valence-corrected chi connectivity index (χ1v) is 4.08. The van der Waals surface area contributed by atoms with Gasteiger partial charge >= 0.3 is 0 Å². The Labute approximate surface area is 80.9 Å². The van der Waals surface area contributed by atoms with E-state index in [2.05, 4.69) is 4.98 Å². The molecule has 0 N–H and O–H groups in total. The third kappa shape index (κ3) is 2.10. The van der Waals surface area contributed by atoms with Gasteiger partial charge in [-0.3, -0.25) is 4.79 Å². The van der Waals surface area contributed by atoms with Crippen LogP contribution in [0.1, 0.15) is 10.5 Å². The number of rotatable bonds is 1. The van der Waals surface area contributed by atoms with Gasteiger partial charge in [0, 0.05) is 3.57 Å². The minimum atomic E-state index is -0.672. The lowest BCUT2D eigenvalue weighted by Gasteiger charge is -1.95. The van der Waals surface area contributed by atoms with Gasteiger partial charge in [-0.1, -0.05) is 0 Å². The van der Waals surface area contributed by atoms with Crippen LogP contribution in [0.2, 0.25) is 0 Å². The molecule has 0 aliphatic carbocycles. The fourth-order valence-corrected chi connectivity index (χ4v) is 1.55. The summed E-state index contributed by atoms with van der Waals surface area (Å²) in [5.74, 6) is -0.476. The van der Waals surface area contributed by atoms with Gasteiger partial charge in [0.05, 0.1) is 6.20 Å². The van der Waals surface area contributed by atoms with E-state index >= 15 is 0 Å². The maximum Gasteiger partial charge on any atom is 0.271 e. The molecule has 0 aromatic carbocycles. The van der Waals surface area contributed by atoms with E-state index in [4.69, 9.17) is 11.6 Å². The maximum atomic E-state index is 12.4. The topological polar surface area (TPSA) is 30.0 Å². The molecule has 0 aliphatic heterocycles. The molecule has 0 unspecified atom stereocenters. The van der Waals surface area contributed by atoms with Crippen molar-refractivity contribution in [2.24, 2.45) is 0 Å². The zero-order valence-corrected chi connectivity index (χ0v) is 8.06. The highest BCUT2D eigenvalue weighted by Gasteiger charge is 2.08. The summed E-state index contributed by atoms with van der Waals surface area (Å²) in [5.41, 5.74) is 0.0914. The van der Waals surface area contributed by atoms with E-state index in [1.807, 2.05) is 0 Å². The molecule has 0 saturated heterocycles. The highest BCUT2D eigenvalue weighted by Crippen LogP contribution is 2.12. The number of halogens is 3. The zero-order valence-electron chi connectivity index (χ0n) is 5.14. The molecule has 1 aromatic heterocycles. The molecule has 1 heterocycles. The number of hydrogen-bond donors (Lipinski definition) is 0. The fourth-order valence-electron chi connectivity index (χ4n) is 0.559. The van der Waals surface area contributed by atoms with Crippen LogP contribution >= 0.6 is 34.2 Å². The molecule has 1 rings (SSSR count). The lowest BCUT2D eigenvalue weighted by Crippen LogP contribution is -1.98.